The van der Waals surface area contributed by atoms with Gasteiger partial charge in [0.2, 0.25) is 5.91 Å². The van der Waals surface area contributed by atoms with E-state index in [0.717, 1.165) is 5.56 Å². The molecule has 3 aromatic rings. The normalized spacial score (nSPS) is 10.5. The summed E-state index contributed by atoms with van der Waals surface area (Å²) in [7, 11) is 2.98. The lowest BCUT2D eigenvalue weighted by Gasteiger charge is -2.10. The lowest BCUT2D eigenvalue weighted by molar-refractivity contribution is -0.119. The summed E-state index contributed by atoms with van der Waals surface area (Å²) in [4.78, 5) is 24.6. The van der Waals surface area contributed by atoms with E-state index in [2.05, 4.69) is 21.0 Å². The number of ether oxygens (including phenoxy) is 2. The molecule has 1 aromatic heterocycles. The number of carbonyl (C=O) groups is 2. The quantitative estimate of drug-likeness (QED) is 0.380. The Bertz CT molecular complexity index is 1080. The molecule has 3 rings (SSSR count). The predicted octanol–water partition coefficient (Wildman–Crippen LogP) is 3.19. The maximum atomic E-state index is 12.4. The zero-order valence-electron chi connectivity index (χ0n) is 17.7. The molecule has 0 unspecified atom stereocenters. The number of halogens is 1. The average molecular weight is 476 g/mol. The number of nitrogens with one attached hydrogen (secondary N) is 2. The number of hydrogen-bond acceptors (Lipinski definition) is 7. The van der Waals surface area contributed by atoms with Crippen molar-refractivity contribution in [3.8, 4) is 22.9 Å². The van der Waals surface area contributed by atoms with E-state index in [0.29, 0.717) is 34.0 Å². The predicted molar refractivity (Wildman–Crippen MR) is 122 cm³/mol. The first-order valence-electron chi connectivity index (χ1n) is 9.59. The Morgan fingerprint density at radius 2 is 1.69 bits per heavy atom. The van der Waals surface area contributed by atoms with E-state index >= 15 is 0 Å². The molecule has 0 aliphatic heterocycles. The Morgan fingerprint density at radius 3 is 2.28 bits per heavy atom. The molecule has 0 saturated heterocycles. The molecule has 0 bridgehead atoms. The van der Waals surface area contributed by atoms with Gasteiger partial charge in [-0.2, -0.15) is 0 Å². The first-order chi connectivity index (χ1) is 15.4. The summed E-state index contributed by atoms with van der Waals surface area (Å²) in [6, 6.07) is 12.0. The summed E-state index contributed by atoms with van der Waals surface area (Å²) in [5, 5.41) is 9.65. The minimum atomic E-state index is -0.498. The summed E-state index contributed by atoms with van der Waals surface area (Å²) in [6.07, 6.45) is 0. The van der Waals surface area contributed by atoms with Crippen LogP contribution in [0.1, 0.15) is 17.3 Å². The highest BCUT2D eigenvalue weighted by molar-refractivity contribution is 7.99. The number of aromatic nitrogens is 3. The van der Waals surface area contributed by atoms with Crippen LogP contribution in [-0.4, -0.2) is 46.6 Å². The average Bonchev–Trinajstić information content (AvgIpc) is 3.24. The van der Waals surface area contributed by atoms with Crippen molar-refractivity contribution in [1.82, 2.24) is 25.6 Å². The molecule has 0 aliphatic rings. The van der Waals surface area contributed by atoms with Crippen LogP contribution in [0.2, 0.25) is 5.02 Å². The van der Waals surface area contributed by atoms with Crippen molar-refractivity contribution in [3.05, 3.63) is 53.1 Å². The SMILES string of the molecule is CCn1c(SCC(=O)NNC(=O)c2cc(OC)cc(OC)c2)nnc1-c1ccc(Cl)cc1. The topological polar surface area (TPSA) is 107 Å². The third kappa shape index (κ3) is 5.71. The van der Waals surface area contributed by atoms with Crippen LogP contribution in [0.15, 0.2) is 47.6 Å². The Morgan fingerprint density at radius 1 is 1.03 bits per heavy atom. The van der Waals surface area contributed by atoms with Crippen LogP contribution >= 0.6 is 23.4 Å². The summed E-state index contributed by atoms with van der Waals surface area (Å²) in [6.45, 7) is 2.60. The van der Waals surface area contributed by atoms with Crippen molar-refractivity contribution in [2.75, 3.05) is 20.0 Å². The third-order valence-electron chi connectivity index (χ3n) is 4.40. The number of methoxy groups -OCH3 is 2. The van der Waals surface area contributed by atoms with Crippen molar-refractivity contribution in [2.24, 2.45) is 0 Å². The Balaban J connectivity index is 1.58. The lowest BCUT2D eigenvalue weighted by Crippen LogP contribution is -2.42. The van der Waals surface area contributed by atoms with Gasteiger partial charge in [-0.15, -0.1) is 10.2 Å². The highest BCUT2D eigenvalue weighted by Gasteiger charge is 2.15. The zero-order chi connectivity index (χ0) is 23.1. The van der Waals surface area contributed by atoms with Gasteiger partial charge < -0.3 is 14.0 Å². The molecule has 2 amide bonds. The van der Waals surface area contributed by atoms with Crippen LogP contribution in [0.5, 0.6) is 11.5 Å². The van der Waals surface area contributed by atoms with E-state index in [1.807, 2.05) is 23.6 Å². The molecule has 11 heteroatoms. The minimum Gasteiger partial charge on any atom is -0.497 e. The van der Waals surface area contributed by atoms with E-state index in [4.69, 9.17) is 21.1 Å². The van der Waals surface area contributed by atoms with Crippen LogP contribution in [0.4, 0.5) is 0 Å². The van der Waals surface area contributed by atoms with E-state index in [1.54, 1.807) is 30.3 Å². The van der Waals surface area contributed by atoms with E-state index in [-0.39, 0.29) is 11.3 Å². The molecular formula is C21H22ClN5O4S. The molecule has 168 valence electrons. The highest BCUT2D eigenvalue weighted by atomic mass is 35.5. The third-order valence-corrected chi connectivity index (χ3v) is 5.62. The number of hydrogen-bond donors (Lipinski definition) is 2. The van der Waals surface area contributed by atoms with Crippen LogP contribution in [-0.2, 0) is 11.3 Å². The van der Waals surface area contributed by atoms with Crippen LogP contribution in [0, 0.1) is 0 Å². The number of rotatable bonds is 8. The number of benzene rings is 2. The summed E-state index contributed by atoms with van der Waals surface area (Å²) < 4.78 is 12.2. The van der Waals surface area contributed by atoms with Crippen LogP contribution < -0.4 is 20.3 Å². The fourth-order valence-electron chi connectivity index (χ4n) is 2.80. The molecule has 2 aromatic carbocycles. The van der Waals surface area contributed by atoms with E-state index in [1.165, 1.54) is 26.0 Å². The smallest absolute Gasteiger partial charge is 0.269 e. The molecule has 0 radical (unpaired) electrons. The van der Waals surface area contributed by atoms with Gasteiger partial charge in [0.05, 0.1) is 20.0 Å². The van der Waals surface area contributed by atoms with Gasteiger partial charge in [-0.1, -0.05) is 23.4 Å². The Kier molecular flexibility index (Phi) is 7.96. The lowest BCUT2D eigenvalue weighted by atomic mass is 10.2. The summed E-state index contributed by atoms with van der Waals surface area (Å²) >= 11 is 7.17. The fraction of sp³-hybridized carbons (Fsp3) is 0.238. The van der Waals surface area contributed by atoms with Gasteiger partial charge in [-0.3, -0.25) is 20.4 Å². The molecule has 0 fully saturated rings. The number of hydrazine groups is 1. The van der Waals surface area contributed by atoms with E-state index in [9.17, 15) is 9.59 Å². The second kappa shape index (κ2) is 10.9. The van der Waals surface area contributed by atoms with Gasteiger partial charge in [0, 0.05) is 28.8 Å². The zero-order valence-corrected chi connectivity index (χ0v) is 19.3. The van der Waals surface area contributed by atoms with Crippen molar-refractivity contribution >= 4 is 35.2 Å². The molecule has 32 heavy (non-hydrogen) atoms. The molecule has 2 N–H and O–H groups in total. The largest absolute Gasteiger partial charge is 0.497 e. The second-order valence-corrected chi connectivity index (χ2v) is 7.83. The van der Waals surface area contributed by atoms with Crippen molar-refractivity contribution in [3.63, 3.8) is 0 Å². The van der Waals surface area contributed by atoms with Gasteiger partial charge in [0.1, 0.15) is 11.5 Å². The minimum absolute atomic E-state index is 0.0421. The van der Waals surface area contributed by atoms with Gasteiger partial charge >= 0.3 is 0 Å². The van der Waals surface area contributed by atoms with E-state index < -0.39 is 11.8 Å². The summed E-state index contributed by atoms with van der Waals surface area (Å²) in [5.41, 5.74) is 5.94. The fourth-order valence-corrected chi connectivity index (χ4v) is 3.72. The molecule has 0 atom stereocenters. The number of amides is 2. The second-order valence-electron chi connectivity index (χ2n) is 6.45. The molecule has 9 nitrogen and oxygen atoms in total. The monoisotopic (exact) mass is 475 g/mol. The van der Waals surface area contributed by atoms with Gasteiger partial charge in [-0.05, 0) is 43.3 Å². The Labute approximate surface area is 194 Å². The number of nitrogens with zero attached hydrogens (tertiary/aromatic N) is 3. The Hall–Kier alpha value is -3.24. The highest BCUT2D eigenvalue weighted by Crippen LogP contribution is 2.25. The molecular weight excluding hydrogens is 454 g/mol. The first kappa shape index (κ1) is 23.4. The van der Waals surface area contributed by atoms with Gasteiger partial charge in [0.15, 0.2) is 11.0 Å². The number of carbonyl (C=O) groups excluding carboxylic acids is 2. The molecule has 0 spiro atoms. The standard InChI is InChI=1S/C21H22ClN5O4S/c1-4-27-19(13-5-7-15(22)8-6-13)24-26-21(27)32-12-18(28)23-25-20(29)14-9-16(30-2)11-17(10-14)31-3/h5-11H,4,12H2,1-3H3,(H,23,28)(H,25,29). The van der Waals surface area contributed by atoms with Crippen molar-refractivity contribution < 1.29 is 19.1 Å². The summed E-state index contributed by atoms with van der Waals surface area (Å²) in [5.74, 6) is 0.769. The van der Waals surface area contributed by atoms with Crippen molar-refractivity contribution in [2.45, 2.75) is 18.6 Å². The number of thioether (sulfide) groups is 1. The molecule has 0 aliphatic carbocycles. The van der Waals surface area contributed by atoms with Crippen molar-refractivity contribution in [1.29, 1.82) is 0 Å². The maximum Gasteiger partial charge on any atom is 0.269 e. The van der Waals surface area contributed by atoms with Crippen LogP contribution in [0.3, 0.4) is 0 Å². The first-order valence-corrected chi connectivity index (χ1v) is 11.0. The van der Waals surface area contributed by atoms with Gasteiger partial charge in [-0.25, -0.2) is 0 Å². The maximum absolute atomic E-state index is 12.4. The molecule has 1 heterocycles. The van der Waals surface area contributed by atoms with Crippen LogP contribution in [0.25, 0.3) is 11.4 Å². The molecule has 0 saturated carbocycles. The van der Waals surface area contributed by atoms with Gasteiger partial charge in [0.25, 0.3) is 5.91 Å².